The summed E-state index contributed by atoms with van der Waals surface area (Å²) < 4.78 is 5.65. The van der Waals surface area contributed by atoms with Crippen molar-refractivity contribution < 1.29 is 19.7 Å². The van der Waals surface area contributed by atoms with Crippen molar-refractivity contribution in [3.8, 4) is 0 Å². The van der Waals surface area contributed by atoms with Crippen molar-refractivity contribution in [1.29, 1.82) is 0 Å². The molecule has 1 aromatic carbocycles. The topological polar surface area (TPSA) is 94.1 Å². The number of nitrogens with one attached hydrogen (secondary N) is 2. The average molecular weight is 398 g/mol. The second-order valence-corrected chi connectivity index (χ2v) is 7.83. The summed E-state index contributed by atoms with van der Waals surface area (Å²) in [6.45, 7) is 4.09. The number of aliphatic hydroxyl groups is 2. The molecule has 27 heavy (non-hydrogen) atoms. The molecule has 8 heteroatoms. The van der Waals surface area contributed by atoms with Crippen molar-refractivity contribution in [2.24, 2.45) is 0 Å². The van der Waals surface area contributed by atoms with Crippen LogP contribution in [0.2, 0.25) is 0 Å². The van der Waals surface area contributed by atoms with E-state index >= 15 is 0 Å². The van der Waals surface area contributed by atoms with E-state index in [2.05, 4.69) is 15.5 Å². The number of rotatable bonds is 5. The molecule has 4 N–H and O–H groups in total. The molecule has 0 bridgehead atoms. The third kappa shape index (κ3) is 4.73. The molecule has 2 saturated heterocycles. The number of piperazine rings is 1. The summed E-state index contributed by atoms with van der Waals surface area (Å²) in [6, 6.07) is 8.80. The van der Waals surface area contributed by atoms with Crippen molar-refractivity contribution in [2.45, 2.75) is 49.1 Å². The molecule has 0 saturated carbocycles. The van der Waals surface area contributed by atoms with E-state index in [-0.39, 0.29) is 5.91 Å². The van der Waals surface area contributed by atoms with Gasteiger partial charge in [-0.1, -0.05) is 18.2 Å². The summed E-state index contributed by atoms with van der Waals surface area (Å²) >= 11 is 6.31. The van der Waals surface area contributed by atoms with Gasteiger partial charge < -0.3 is 30.5 Å². The number of benzene rings is 1. The maximum Gasteiger partial charge on any atom is 0.244 e. The van der Waals surface area contributed by atoms with Gasteiger partial charge in [-0.2, -0.15) is 0 Å². The number of hydrogen-bond donors (Lipinski definition) is 4. The van der Waals surface area contributed by atoms with Gasteiger partial charge in [0.15, 0.2) is 0 Å². The minimum atomic E-state index is -1.08. The van der Waals surface area contributed by atoms with E-state index in [0.29, 0.717) is 26.1 Å². The molecule has 2 fully saturated rings. The molecule has 0 radical (unpaired) electrons. The Morgan fingerprint density at radius 1 is 1.37 bits per heavy atom. The third-order valence-electron chi connectivity index (χ3n) is 5.25. The number of aliphatic hydroxyl groups excluding tert-OH is 2. The van der Waals surface area contributed by atoms with E-state index in [1.165, 1.54) is 0 Å². The van der Waals surface area contributed by atoms with Gasteiger partial charge in [0.05, 0.1) is 17.5 Å². The zero-order valence-corrected chi connectivity index (χ0v) is 16.2. The predicted octanol–water partition coefficient (Wildman–Crippen LogP) is 0.0876. The van der Waals surface area contributed by atoms with Crippen LogP contribution in [-0.2, 0) is 9.53 Å². The fraction of sp³-hybridized carbons (Fsp3) is 0.632. The van der Waals surface area contributed by atoms with Crippen LogP contribution in [0, 0.1) is 0 Å². The first-order chi connectivity index (χ1) is 13.0. The molecule has 0 aliphatic carbocycles. The molecular formula is C19H28ClN3O4. The van der Waals surface area contributed by atoms with Gasteiger partial charge in [0.25, 0.3) is 0 Å². The number of ether oxygens (including phenoxy) is 1. The normalized spacial score (nSPS) is 31.2. The lowest BCUT2D eigenvalue weighted by atomic mass is 9.94. The number of alkyl halides is 1. The second-order valence-electron chi connectivity index (χ2n) is 7.14. The van der Waals surface area contributed by atoms with E-state index < -0.39 is 35.8 Å². The number of para-hydroxylation sites is 1. The number of anilines is 1. The SMILES string of the molecule is C[C@H](Cl)[C@H](NC(=O)C1CNCCN1c1ccccc1)C1OCC[C@@H](O)[C@H]1O. The molecule has 0 spiro atoms. The van der Waals surface area contributed by atoms with Gasteiger partial charge >= 0.3 is 0 Å². The number of hydrogen-bond acceptors (Lipinski definition) is 6. The Morgan fingerprint density at radius 2 is 2.11 bits per heavy atom. The quantitative estimate of drug-likeness (QED) is 0.526. The van der Waals surface area contributed by atoms with Gasteiger partial charge in [0.2, 0.25) is 5.91 Å². The lowest BCUT2D eigenvalue weighted by Gasteiger charge is -2.41. The third-order valence-corrected chi connectivity index (χ3v) is 5.52. The zero-order valence-electron chi connectivity index (χ0n) is 15.4. The van der Waals surface area contributed by atoms with Crippen LogP contribution < -0.4 is 15.5 Å². The molecule has 3 rings (SSSR count). The van der Waals surface area contributed by atoms with Gasteiger partial charge in [0.1, 0.15) is 18.2 Å². The minimum absolute atomic E-state index is 0.181. The van der Waals surface area contributed by atoms with Gasteiger partial charge in [0, 0.05) is 31.9 Å². The summed E-state index contributed by atoms with van der Waals surface area (Å²) in [7, 11) is 0. The van der Waals surface area contributed by atoms with E-state index in [4.69, 9.17) is 16.3 Å². The van der Waals surface area contributed by atoms with Crippen LogP contribution >= 0.6 is 11.6 Å². The molecule has 150 valence electrons. The lowest BCUT2D eigenvalue weighted by Crippen LogP contribution is -2.64. The Labute approximate surface area is 164 Å². The number of halogens is 1. The van der Waals surface area contributed by atoms with Gasteiger partial charge in [-0.25, -0.2) is 0 Å². The highest BCUT2D eigenvalue weighted by atomic mass is 35.5. The number of amides is 1. The number of carbonyl (C=O) groups excluding carboxylic acids is 1. The Bertz CT molecular complexity index is 618. The van der Waals surface area contributed by atoms with Crippen molar-refractivity contribution in [3.63, 3.8) is 0 Å². The van der Waals surface area contributed by atoms with Crippen LogP contribution in [0.5, 0.6) is 0 Å². The fourth-order valence-corrected chi connectivity index (χ4v) is 3.92. The smallest absolute Gasteiger partial charge is 0.244 e. The summed E-state index contributed by atoms with van der Waals surface area (Å²) in [5, 5.41) is 26.0. The average Bonchev–Trinajstić information content (AvgIpc) is 2.69. The van der Waals surface area contributed by atoms with Crippen LogP contribution in [0.4, 0.5) is 5.69 Å². The molecule has 2 aliphatic rings. The van der Waals surface area contributed by atoms with Gasteiger partial charge in [-0.05, 0) is 25.5 Å². The Kier molecular flexibility index (Phi) is 6.94. The minimum Gasteiger partial charge on any atom is -0.390 e. The molecule has 0 aromatic heterocycles. The lowest BCUT2D eigenvalue weighted by molar-refractivity contribution is -0.149. The number of nitrogens with zero attached hydrogens (tertiary/aromatic N) is 1. The van der Waals surface area contributed by atoms with E-state index in [1.54, 1.807) is 6.92 Å². The Morgan fingerprint density at radius 3 is 2.81 bits per heavy atom. The van der Waals surface area contributed by atoms with E-state index in [0.717, 1.165) is 12.2 Å². The zero-order chi connectivity index (χ0) is 19.4. The van der Waals surface area contributed by atoms with E-state index in [1.807, 2.05) is 30.3 Å². The van der Waals surface area contributed by atoms with Crippen LogP contribution in [0.1, 0.15) is 13.3 Å². The molecule has 7 nitrogen and oxygen atoms in total. The molecule has 2 unspecified atom stereocenters. The molecule has 1 aromatic rings. The maximum absolute atomic E-state index is 13.1. The summed E-state index contributed by atoms with van der Waals surface area (Å²) in [5.41, 5.74) is 0.985. The van der Waals surface area contributed by atoms with Crippen LogP contribution in [-0.4, -0.2) is 78.1 Å². The maximum atomic E-state index is 13.1. The molecular weight excluding hydrogens is 370 g/mol. The Hall–Kier alpha value is -1.38. The van der Waals surface area contributed by atoms with Crippen molar-refractivity contribution >= 4 is 23.2 Å². The summed E-state index contributed by atoms with van der Waals surface area (Å²) in [4.78, 5) is 15.1. The first-order valence-electron chi connectivity index (χ1n) is 9.43. The van der Waals surface area contributed by atoms with Gasteiger partial charge in [-0.3, -0.25) is 4.79 Å². The summed E-state index contributed by atoms with van der Waals surface area (Å²) in [5.74, 6) is -0.181. The standard InChI is InChI=1S/C19H28ClN3O4/c1-12(20)16(18-17(25)15(24)7-10-27-18)22-19(26)14-11-21-8-9-23(14)13-5-3-2-4-6-13/h2-6,12,14-18,21,24-25H,7-11H2,1H3,(H,22,26)/t12-,14?,15+,16-,17+,18?/m0/s1. The largest absolute Gasteiger partial charge is 0.390 e. The van der Waals surface area contributed by atoms with Crippen LogP contribution in [0.3, 0.4) is 0 Å². The fourth-order valence-electron chi connectivity index (χ4n) is 3.72. The van der Waals surface area contributed by atoms with Crippen LogP contribution in [0.25, 0.3) is 0 Å². The van der Waals surface area contributed by atoms with Crippen molar-refractivity contribution in [2.75, 3.05) is 31.1 Å². The molecule has 2 heterocycles. The number of carbonyl (C=O) groups is 1. The Balaban J connectivity index is 1.74. The first-order valence-corrected chi connectivity index (χ1v) is 9.87. The van der Waals surface area contributed by atoms with Crippen LogP contribution in [0.15, 0.2) is 30.3 Å². The molecule has 2 aliphatic heterocycles. The van der Waals surface area contributed by atoms with E-state index in [9.17, 15) is 15.0 Å². The van der Waals surface area contributed by atoms with Crippen molar-refractivity contribution in [1.82, 2.24) is 10.6 Å². The highest BCUT2D eigenvalue weighted by Crippen LogP contribution is 2.23. The van der Waals surface area contributed by atoms with Gasteiger partial charge in [-0.15, -0.1) is 11.6 Å². The highest BCUT2D eigenvalue weighted by Gasteiger charge is 2.41. The highest BCUT2D eigenvalue weighted by molar-refractivity contribution is 6.21. The molecule has 1 amide bonds. The first kappa shape index (κ1) is 20.4. The second kappa shape index (κ2) is 9.21. The van der Waals surface area contributed by atoms with Crippen molar-refractivity contribution in [3.05, 3.63) is 30.3 Å². The predicted molar refractivity (Wildman–Crippen MR) is 104 cm³/mol. The monoisotopic (exact) mass is 397 g/mol. The summed E-state index contributed by atoms with van der Waals surface area (Å²) in [6.07, 6.45) is -2.34. The molecule has 6 atom stereocenters.